The fourth-order valence-electron chi connectivity index (χ4n) is 4.96. The number of rotatable bonds is 10. The lowest BCUT2D eigenvalue weighted by Gasteiger charge is -2.40. The Bertz CT molecular complexity index is 1260. The summed E-state index contributed by atoms with van der Waals surface area (Å²) in [7, 11) is 1.61. The average Bonchev–Trinajstić information content (AvgIpc) is 3.54. The standard InChI is InChI=1S/C27H33F2N3O5/c1-5-6-9-37-24-22-26(35)31(16(2)3)15-27(11-18(27)14-36-4)32(22)13-20(23(24)33)25(34)30-12-17-7-8-19(28)10-21(17)29/h7-8,10,13,16,18H,5-6,9,11-12,14-15H2,1-4H3,(H,30,34)/t18-,27-/m1/s1. The highest BCUT2D eigenvalue weighted by molar-refractivity contribution is 5.99. The van der Waals surface area contributed by atoms with Gasteiger partial charge in [0, 0.05) is 50.0 Å². The number of ether oxygens (including phenoxy) is 2. The quantitative estimate of drug-likeness (QED) is 0.488. The Kier molecular flexibility index (Phi) is 7.68. The molecule has 200 valence electrons. The molecule has 10 heteroatoms. The van der Waals surface area contributed by atoms with Crippen LogP contribution in [0.5, 0.6) is 5.75 Å². The molecular formula is C27H33F2N3O5. The second-order valence-electron chi connectivity index (χ2n) is 10.0. The van der Waals surface area contributed by atoms with Gasteiger partial charge in [-0.2, -0.15) is 0 Å². The topological polar surface area (TPSA) is 89.9 Å². The molecule has 0 unspecified atom stereocenters. The Morgan fingerprint density at radius 2 is 2.03 bits per heavy atom. The largest absolute Gasteiger partial charge is 0.487 e. The van der Waals surface area contributed by atoms with Crippen molar-refractivity contribution in [2.75, 3.05) is 26.9 Å². The van der Waals surface area contributed by atoms with Crippen molar-refractivity contribution < 1.29 is 27.8 Å². The third-order valence-corrected chi connectivity index (χ3v) is 7.19. The van der Waals surface area contributed by atoms with E-state index in [-0.39, 0.29) is 53.6 Å². The molecule has 2 heterocycles. The van der Waals surface area contributed by atoms with E-state index >= 15 is 0 Å². The molecule has 0 radical (unpaired) electrons. The summed E-state index contributed by atoms with van der Waals surface area (Å²) in [6, 6.07) is 2.96. The summed E-state index contributed by atoms with van der Waals surface area (Å²) >= 11 is 0. The number of pyridine rings is 1. The highest BCUT2D eigenvalue weighted by atomic mass is 19.1. The number of unbranched alkanes of at least 4 members (excludes halogenated alkanes) is 1. The van der Waals surface area contributed by atoms with Gasteiger partial charge < -0.3 is 24.3 Å². The van der Waals surface area contributed by atoms with Crippen molar-refractivity contribution in [3.05, 3.63) is 63.1 Å². The molecule has 1 aromatic heterocycles. The van der Waals surface area contributed by atoms with Crippen LogP contribution in [0.3, 0.4) is 0 Å². The normalized spacial score (nSPS) is 20.4. The summed E-state index contributed by atoms with van der Waals surface area (Å²) in [6.07, 6.45) is 3.62. The number of methoxy groups -OCH3 is 1. The first-order valence-electron chi connectivity index (χ1n) is 12.6. The molecule has 37 heavy (non-hydrogen) atoms. The van der Waals surface area contributed by atoms with Crippen molar-refractivity contribution in [2.24, 2.45) is 5.92 Å². The molecule has 1 N–H and O–H groups in total. The monoisotopic (exact) mass is 517 g/mol. The van der Waals surface area contributed by atoms with E-state index in [9.17, 15) is 23.2 Å². The lowest BCUT2D eigenvalue weighted by Crippen LogP contribution is -2.52. The first-order valence-corrected chi connectivity index (χ1v) is 12.6. The minimum Gasteiger partial charge on any atom is -0.487 e. The number of hydrogen-bond donors (Lipinski definition) is 1. The molecule has 2 amide bonds. The maximum absolute atomic E-state index is 14.1. The molecule has 0 saturated heterocycles. The number of nitrogens with zero attached hydrogens (tertiary/aromatic N) is 2. The van der Waals surface area contributed by atoms with Gasteiger partial charge in [-0.15, -0.1) is 0 Å². The predicted molar refractivity (Wildman–Crippen MR) is 133 cm³/mol. The van der Waals surface area contributed by atoms with E-state index in [1.54, 1.807) is 16.6 Å². The summed E-state index contributed by atoms with van der Waals surface area (Å²) in [4.78, 5) is 42.0. The van der Waals surface area contributed by atoms with Gasteiger partial charge in [-0.1, -0.05) is 19.4 Å². The van der Waals surface area contributed by atoms with Crippen molar-refractivity contribution >= 4 is 11.8 Å². The number of amides is 2. The average molecular weight is 518 g/mol. The van der Waals surface area contributed by atoms with Gasteiger partial charge in [0.25, 0.3) is 11.8 Å². The Balaban J connectivity index is 1.78. The summed E-state index contributed by atoms with van der Waals surface area (Å²) in [5.41, 5.74) is -1.21. The number of benzene rings is 1. The smallest absolute Gasteiger partial charge is 0.274 e. The Morgan fingerprint density at radius 1 is 1.27 bits per heavy atom. The summed E-state index contributed by atoms with van der Waals surface area (Å²) in [5, 5.41) is 2.55. The molecule has 1 fully saturated rings. The third kappa shape index (κ3) is 4.99. The molecule has 1 aliphatic heterocycles. The van der Waals surface area contributed by atoms with Gasteiger partial charge in [0.2, 0.25) is 5.43 Å². The zero-order chi connectivity index (χ0) is 26.9. The second-order valence-corrected chi connectivity index (χ2v) is 10.0. The predicted octanol–water partition coefficient (Wildman–Crippen LogP) is 3.46. The molecule has 8 nitrogen and oxygen atoms in total. The molecule has 2 atom stereocenters. The van der Waals surface area contributed by atoms with E-state index < -0.39 is 28.5 Å². The van der Waals surface area contributed by atoms with E-state index in [1.165, 1.54) is 12.3 Å². The zero-order valence-electron chi connectivity index (χ0n) is 21.6. The molecule has 2 aromatic rings. The van der Waals surface area contributed by atoms with Crippen molar-refractivity contribution in [1.82, 2.24) is 14.8 Å². The van der Waals surface area contributed by atoms with Crippen LogP contribution in [0.2, 0.25) is 0 Å². The Morgan fingerprint density at radius 3 is 2.68 bits per heavy atom. The van der Waals surface area contributed by atoms with Crippen LogP contribution in [0.4, 0.5) is 8.78 Å². The molecule has 2 aliphatic rings. The van der Waals surface area contributed by atoms with Crippen molar-refractivity contribution in [2.45, 2.75) is 58.2 Å². The van der Waals surface area contributed by atoms with Gasteiger partial charge in [0.15, 0.2) is 11.4 Å². The van der Waals surface area contributed by atoms with Crippen LogP contribution in [0.25, 0.3) is 0 Å². The van der Waals surface area contributed by atoms with Crippen LogP contribution in [0.15, 0.2) is 29.2 Å². The van der Waals surface area contributed by atoms with Crippen molar-refractivity contribution in [3.63, 3.8) is 0 Å². The van der Waals surface area contributed by atoms with Crippen LogP contribution in [0, 0.1) is 17.6 Å². The van der Waals surface area contributed by atoms with Gasteiger partial charge in [-0.3, -0.25) is 14.4 Å². The van der Waals surface area contributed by atoms with E-state index in [1.807, 2.05) is 20.8 Å². The minimum absolute atomic E-state index is 0.0776. The molecule has 1 aliphatic carbocycles. The molecule has 0 bridgehead atoms. The summed E-state index contributed by atoms with van der Waals surface area (Å²) in [5.74, 6) is -2.65. The molecule has 1 aromatic carbocycles. The van der Waals surface area contributed by atoms with Gasteiger partial charge in [-0.25, -0.2) is 8.78 Å². The maximum atomic E-state index is 14.1. The lowest BCUT2D eigenvalue weighted by molar-refractivity contribution is 0.0540. The number of carbonyl (C=O) groups is 2. The number of carbonyl (C=O) groups excluding carboxylic acids is 2. The van der Waals surface area contributed by atoms with Crippen molar-refractivity contribution in [3.8, 4) is 5.75 Å². The number of nitrogens with one attached hydrogen (secondary N) is 1. The van der Waals surface area contributed by atoms with Gasteiger partial charge in [-0.05, 0) is 32.8 Å². The maximum Gasteiger partial charge on any atom is 0.274 e. The lowest BCUT2D eigenvalue weighted by atomic mass is 10.0. The van der Waals surface area contributed by atoms with Crippen LogP contribution in [0.1, 0.15) is 66.4 Å². The number of halogens is 2. The van der Waals surface area contributed by atoms with Crippen LogP contribution in [-0.2, 0) is 16.8 Å². The minimum atomic E-state index is -0.801. The SMILES string of the molecule is CCCCOc1c2n(cc(C(=O)NCc3ccc(F)cc3F)c1=O)[C@]1(C[C@@H]1COC)CN(C(C)C)C2=O. The van der Waals surface area contributed by atoms with Gasteiger partial charge in [0.1, 0.15) is 17.2 Å². The Labute approximate surface area is 214 Å². The fraction of sp³-hybridized carbons (Fsp3) is 0.519. The summed E-state index contributed by atoms with van der Waals surface area (Å²) < 4.78 is 40.3. The van der Waals surface area contributed by atoms with Crippen molar-refractivity contribution in [1.29, 1.82) is 0 Å². The molecular weight excluding hydrogens is 484 g/mol. The van der Waals surface area contributed by atoms with E-state index in [4.69, 9.17) is 9.47 Å². The zero-order valence-corrected chi connectivity index (χ0v) is 21.6. The fourth-order valence-corrected chi connectivity index (χ4v) is 4.96. The Hall–Kier alpha value is -3.27. The third-order valence-electron chi connectivity index (χ3n) is 7.19. The number of fused-ring (bicyclic) bond motifs is 2. The first kappa shape index (κ1) is 26.8. The first-order chi connectivity index (χ1) is 17.6. The second kappa shape index (κ2) is 10.6. The number of aromatic nitrogens is 1. The number of hydrogen-bond acceptors (Lipinski definition) is 5. The highest BCUT2D eigenvalue weighted by Crippen LogP contribution is 2.54. The van der Waals surface area contributed by atoms with Crippen LogP contribution >= 0.6 is 0 Å². The van der Waals surface area contributed by atoms with Gasteiger partial charge in [0.05, 0.1) is 18.8 Å². The van der Waals surface area contributed by atoms with Crippen LogP contribution < -0.4 is 15.5 Å². The van der Waals surface area contributed by atoms with Gasteiger partial charge >= 0.3 is 0 Å². The summed E-state index contributed by atoms with van der Waals surface area (Å²) in [6.45, 7) is 6.67. The molecule has 1 spiro atoms. The highest BCUT2D eigenvalue weighted by Gasteiger charge is 2.61. The van der Waals surface area contributed by atoms with E-state index in [0.717, 1.165) is 18.6 Å². The molecule has 4 rings (SSSR count). The van der Waals surface area contributed by atoms with Crippen LogP contribution in [-0.4, -0.2) is 54.2 Å². The molecule has 1 saturated carbocycles. The van der Waals surface area contributed by atoms with E-state index in [0.29, 0.717) is 26.0 Å². The van der Waals surface area contributed by atoms with E-state index in [2.05, 4.69) is 5.32 Å².